The van der Waals surface area contributed by atoms with Crippen molar-refractivity contribution in [2.45, 2.75) is 39.0 Å². The Morgan fingerprint density at radius 3 is 2.84 bits per heavy atom. The van der Waals surface area contributed by atoms with E-state index in [0.717, 1.165) is 73.1 Å². The number of rotatable bonds is 4. The number of hydrogen-bond acceptors (Lipinski definition) is 6. The third kappa shape index (κ3) is 4.07. The molecule has 8 heteroatoms. The molecule has 0 N–H and O–H groups in total. The zero-order valence-electron chi connectivity index (χ0n) is 17.7. The molecule has 3 aromatic rings. The van der Waals surface area contributed by atoms with Crippen molar-refractivity contribution in [3.8, 4) is 0 Å². The molecular weight excluding hydrogens is 430 g/mol. The average Bonchev–Trinajstić information content (AvgIpc) is 3.12. The minimum Gasteiger partial charge on any atom is -0.343 e. The Bertz CT molecular complexity index is 1240. The van der Waals surface area contributed by atoms with Gasteiger partial charge in [-0.15, -0.1) is 11.3 Å². The number of aryl methyl sites for hydroxylation is 2. The Balaban J connectivity index is 1.40. The molecule has 2 aromatic heterocycles. The van der Waals surface area contributed by atoms with Crippen LogP contribution in [0.1, 0.15) is 52.4 Å². The summed E-state index contributed by atoms with van der Waals surface area (Å²) in [6.45, 7) is 3.70. The number of nitrogens with zero attached hydrogens (tertiary/aromatic N) is 4. The molecule has 0 radical (unpaired) electrons. The normalized spacial score (nSPS) is 15.9. The lowest BCUT2D eigenvalue weighted by Gasteiger charge is -2.30. The number of hydrogen-bond donors (Lipinski definition) is 0. The summed E-state index contributed by atoms with van der Waals surface area (Å²) in [4.78, 5) is 28.9. The standard InChI is InChI=1S/C24H22F2N4OS/c1-14-13-32-24(28-14)30-8-7-15-3-2-4-21-23(19(15)12-30)27-11-17(29-21)10-22(31)18-6-5-16(25)9-20(18)26/h5-6,9,11,13H,2-4,7-8,10,12H2,1H3. The molecule has 0 amide bonds. The molecule has 164 valence electrons. The van der Waals surface area contributed by atoms with Crippen molar-refractivity contribution >= 4 is 27.8 Å². The van der Waals surface area contributed by atoms with Gasteiger partial charge in [-0.3, -0.25) is 14.8 Å². The maximum absolute atomic E-state index is 14.0. The first-order valence-electron chi connectivity index (χ1n) is 10.7. The van der Waals surface area contributed by atoms with Gasteiger partial charge in [-0.05, 0) is 50.3 Å². The van der Waals surface area contributed by atoms with E-state index in [1.54, 1.807) is 17.5 Å². The minimum atomic E-state index is -0.854. The predicted molar refractivity (Wildman–Crippen MR) is 120 cm³/mol. The number of benzene rings is 1. The van der Waals surface area contributed by atoms with Crippen LogP contribution >= 0.6 is 11.3 Å². The third-order valence-electron chi connectivity index (χ3n) is 5.98. The van der Waals surface area contributed by atoms with E-state index in [1.165, 1.54) is 17.2 Å². The minimum absolute atomic E-state index is 0.0702. The zero-order valence-corrected chi connectivity index (χ0v) is 18.5. The summed E-state index contributed by atoms with van der Waals surface area (Å²) in [5, 5.41) is 3.09. The number of halogens is 2. The Kier molecular flexibility index (Phi) is 5.55. The lowest BCUT2D eigenvalue weighted by molar-refractivity contribution is 0.0988. The molecule has 2 aliphatic rings. The number of carbonyl (C=O) groups excluding carboxylic acids is 1. The first-order valence-corrected chi connectivity index (χ1v) is 11.6. The number of carbonyl (C=O) groups is 1. The second-order valence-electron chi connectivity index (χ2n) is 8.26. The van der Waals surface area contributed by atoms with Gasteiger partial charge in [0.15, 0.2) is 10.9 Å². The smallest absolute Gasteiger partial charge is 0.185 e. The van der Waals surface area contributed by atoms with Crippen LogP contribution in [0.5, 0.6) is 0 Å². The van der Waals surface area contributed by atoms with Gasteiger partial charge in [0.2, 0.25) is 0 Å². The highest BCUT2D eigenvalue weighted by Gasteiger charge is 2.27. The summed E-state index contributed by atoms with van der Waals surface area (Å²) < 4.78 is 27.1. The monoisotopic (exact) mass is 452 g/mol. The molecule has 0 atom stereocenters. The summed E-state index contributed by atoms with van der Waals surface area (Å²) in [5.74, 6) is -2.00. The van der Waals surface area contributed by atoms with Gasteiger partial charge in [0.25, 0.3) is 0 Å². The SMILES string of the molecule is Cc1csc(N2CCC3=C(C2)c2ncc(CC(=O)c4ccc(F)cc4F)nc2CCC3)n1. The van der Waals surface area contributed by atoms with Crippen molar-refractivity contribution in [1.82, 2.24) is 15.0 Å². The molecule has 0 fully saturated rings. The van der Waals surface area contributed by atoms with E-state index >= 15 is 0 Å². The van der Waals surface area contributed by atoms with E-state index in [9.17, 15) is 13.6 Å². The van der Waals surface area contributed by atoms with E-state index in [0.29, 0.717) is 5.69 Å². The highest BCUT2D eigenvalue weighted by Crippen LogP contribution is 2.36. The van der Waals surface area contributed by atoms with Gasteiger partial charge in [0.05, 0.1) is 34.8 Å². The lowest BCUT2D eigenvalue weighted by atomic mass is 9.96. The van der Waals surface area contributed by atoms with Crippen LogP contribution in [0.4, 0.5) is 13.9 Å². The van der Waals surface area contributed by atoms with Crippen LogP contribution in [0.3, 0.4) is 0 Å². The summed E-state index contributed by atoms with van der Waals surface area (Å²) in [6, 6.07) is 2.99. The van der Waals surface area contributed by atoms with Crippen molar-refractivity contribution in [3.05, 3.63) is 75.3 Å². The number of fused-ring (bicyclic) bond motifs is 2. The predicted octanol–water partition coefficient (Wildman–Crippen LogP) is 4.95. The van der Waals surface area contributed by atoms with E-state index in [4.69, 9.17) is 9.97 Å². The van der Waals surface area contributed by atoms with Gasteiger partial charge in [-0.25, -0.2) is 13.8 Å². The van der Waals surface area contributed by atoms with Crippen LogP contribution in [0.2, 0.25) is 0 Å². The first kappa shape index (κ1) is 20.9. The molecule has 0 spiro atoms. The lowest BCUT2D eigenvalue weighted by Crippen LogP contribution is -2.31. The van der Waals surface area contributed by atoms with Crippen LogP contribution in [0.15, 0.2) is 35.3 Å². The zero-order chi connectivity index (χ0) is 22.2. The van der Waals surface area contributed by atoms with Crippen LogP contribution in [-0.4, -0.2) is 33.8 Å². The number of thiazole rings is 1. The number of Topliss-reactive ketones (excluding diaryl/α,β-unsaturated/α-hetero) is 1. The van der Waals surface area contributed by atoms with Crippen LogP contribution in [0.25, 0.3) is 5.57 Å². The maximum atomic E-state index is 14.0. The van der Waals surface area contributed by atoms with Gasteiger partial charge in [-0.2, -0.15) is 0 Å². The molecule has 0 saturated heterocycles. The molecule has 32 heavy (non-hydrogen) atoms. The van der Waals surface area contributed by atoms with Crippen molar-refractivity contribution < 1.29 is 13.6 Å². The second kappa shape index (κ2) is 8.50. The number of ketones is 1. The molecule has 1 aliphatic heterocycles. The topological polar surface area (TPSA) is 59.0 Å². The third-order valence-corrected chi connectivity index (χ3v) is 7.00. The first-order chi connectivity index (χ1) is 15.5. The van der Waals surface area contributed by atoms with Gasteiger partial charge in [0.1, 0.15) is 11.6 Å². The largest absolute Gasteiger partial charge is 0.343 e. The molecule has 1 aromatic carbocycles. The molecule has 3 heterocycles. The second-order valence-corrected chi connectivity index (χ2v) is 9.10. The van der Waals surface area contributed by atoms with Crippen molar-refractivity contribution in [3.63, 3.8) is 0 Å². The summed E-state index contributed by atoms with van der Waals surface area (Å²) >= 11 is 1.66. The maximum Gasteiger partial charge on any atom is 0.185 e. The Labute approximate surface area is 188 Å². The molecule has 5 nitrogen and oxygen atoms in total. The Hall–Kier alpha value is -3.00. The van der Waals surface area contributed by atoms with Crippen molar-refractivity contribution in [2.75, 3.05) is 18.0 Å². The molecule has 0 bridgehead atoms. The summed E-state index contributed by atoms with van der Waals surface area (Å²) in [7, 11) is 0. The van der Waals surface area contributed by atoms with E-state index in [-0.39, 0.29) is 12.0 Å². The Morgan fingerprint density at radius 2 is 2.06 bits per heavy atom. The molecule has 5 rings (SSSR count). The van der Waals surface area contributed by atoms with Crippen LogP contribution in [0, 0.1) is 18.6 Å². The number of aromatic nitrogens is 3. The van der Waals surface area contributed by atoms with Gasteiger partial charge in [-0.1, -0.05) is 5.57 Å². The highest BCUT2D eigenvalue weighted by molar-refractivity contribution is 7.13. The fourth-order valence-corrected chi connectivity index (χ4v) is 5.23. The fraction of sp³-hybridized carbons (Fsp3) is 0.333. The molecule has 0 unspecified atom stereocenters. The van der Waals surface area contributed by atoms with E-state index < -0.39 is 17.4 Å². The van der Waals surface area contributed by atoms with Crippen molar-refractivity contribution in [2.24, 2.45) is 0 Å². The van der Waals surface area contributed by atoms with E-state index in [1.807, 2.05) is 6.92 Å². The fourth-order valence-electron chi connectivity index (χ4n) is 4.40. The van der Waals surface area contributed by atoms with Gasteiger partial charge < -0.3 is 4.90 Å². The average molecular weight is 453 g/mol. The van der Waals surface area contributed by atoms with Crippen LogP contribution in [-0.2, 0) is 12.8 Å². The van der Waals surface area contributed by atoms with Crippen LogP contribution < -0.4 is 4.90 Å². The quantitative estimate of drug-likeness (QED) is 0.525. The van der Waals surface area contributed by atoms with E-state index in [2.05, 4.69) is 15.3 Å². The van der Waals surface area contributed by atoms with Gasteiger partial charge in [0, 0.05) is 30.7 Å². The molecule has 0 saturated carbocycles. The Morgan fingerprint density at radius 1 is 1.19 bits per heavy atom. The summed E-state index contributed by atoms with van der Waals surface area (Å²) in [6.07, 6.45) is 5.33. The highest BCUT2D eigenvalue weighted by atomic mass is 32.1. The molecular formula is C24H22F2N4OS. The molecule has 1 aliphatic carbocycles. The summed E-state index contributed by atoms with van der Waals surface area (Å²) in [5.41, 5.74) is 5.83. The van der Waals surface area contributed by atoms with Crippen molar-refractivity contribution in [1.29, 1.82) is 0 Å². The van der Waals surface area contributed by atoms with Gasteiger partial charge >= 0.3 is 0 Å². The number of anilines is 1.